The van der Waals surface area contributed by atoms with Gasteiger partial charge in [-0.2, -0.15) is 0 Å². The predicted molar refractivity (Wildman–Crippen MR) is 104 cm³/mol. The Morgan fingerprint density at radius 2 is 1.96 bits per heavy atom. The van der Waals surface area contributed by atoms with Crippen molar-refractivity contribution >= 4 is 28.9 Å². The maximum atomic E-state index is 13.0. The van der Waals surface area contributed by atoms with Crippen LogP contribution in [0.5, 0.6) is 0 Å². The second kappa shape index (κ2) is 6.39. The SMILES string of the molecule is CN1CC2(CCN(C(=O)OC(C)(C)C)CC2)N(c2ccc3ocnc3c2)C1=O. The van der Waals surface area contributed by atoms with Crippen LogP contribution in [-0.4, -0.2) is 64.7 Å². The minimum atomic E-state index is -0.519. The Labute approximate surface area is 164 Å². The summed E-state index contributed by atoms with van der Waals surface area (Å²) in [5.74, 6) is 0. The van der Waals surface area contributed by atoms with Crippen molar-refractivity contribution in [2.75, 3.05) is 31.6 Å². The lowest BCUT2D eigenvalue weighted by molar-refractivity contribution is 0.0172. The van der Waals surface area contributed by atoms with E-state index in [2.05, 4.69) is 4.98 Å². The number of anilines is 1. The fraction of sp³-hybridized carbons (Fsp3) is 0.550. The largest absolute Gasteiger partial charge is 0.444 e. The van der Waals surface area contributed by atoms with Crippen molar-refractivity contribution in [2.45, 2.75) is 44.8 Å². The predicted octanol–water partition coefficient (Wildman–Crippen LogP) is 3.47. The summed E-state index contributed by atoms with van der Waals surface area (Å²) in [6.07, 6.45) is 2.50. The molecule has 2 aliphatic heterocycles. The summed E-state index contributed by atoms with van der Waals surface area (Å²) in [5.41, 5.74) is 1.36. The zero-order valence-electron chi connectivity index (χ0n) is 16.8. The molecular weight excluding hydrogens is 360 g/mol. The summed E-state index contributed by atoms with van der Waals surface area (Å²) in [6.45, 7) is 7.33. The van der Waals surface area contributed by atoms with Crippen molar-refractivity contribution in [1.82, 2.24) is 14.8 Å². The smallest absolute Gasteiger partial charge is 0.410 e. The van der Waals surface area contributed by atoms with Gasteiger partial charge in [-0.05, 0) is 51.8 Å². The molecule has 0 unspecified atom stereocenters. The van der Waals surface area contributed by atoms with E-state index in [9.17, 15) is 9.59 Å². The lowest BCUT2D eigenvalue weighted by Crippen LogP contribution is -2.56. The number of carbonyl (C=O) groups excluding carboxylic acids is 2. The molecule has 8 heteroatoms. The molecule has 1 spiro atoms. The maximum Gasteiger partial charge on any atom is 0.410 e. The molecule has 4 rings (SSSR count). The van der Waals surface area contributed by atoms with E-state index in [0.29, 0.717) is 38.1 Å². The Morgan fingerprint density at radius 1 is 1.25 bits per heavy atom. The molecule has 1 aromatic carbocycles. The molecule has 8 nitrogen and oxygen atoms in total. The average Bonchev–Trinajstić information content (AvgIpc) is 3.16. The number of rotatable bonds is 1. The number of fused-ring (bicyclic) bond motifs is 1. The Balaban J connectivity index is 1.57. The highest BCUT2D eigenvalue weighted by Crippen LogP contribution is 2.40. The number of benzene rings is 1. The van der Waals surface area contributed by atoms with Gasteiger partial charge in [-0.1, -0.05) is 0 Å². The average molecular weight is 386 g/mol. The third-order valence-corrected chi connectivity index (χ3v) is 5.44. The molecule has 150 valence electrons. The number of likely N-dealkylation sites (tertiary alicyclic amines) is 1. The van der Waals surface area contributed by atoms with Crippen LogP contribution in [0.2, 0.25) is 0 Å². The van der Waals surface area contributed by atoms with E-state index in [1.54, 1.807) is 9.80 Å². The van der Waals surface area contributed by atoms with E-state index < -0.39 is 5.60 Å². The first kappa shape index (κ1) is 18.6. The number of carbonyl (C=O) groups is 2. The maximum absolute atomic E-state index is 13.0. The molecule has 2 saturated heterocycles. The van der Waals surface area contributed by atoms with Gasteiger partial charge in [0.2, 0.25) is 0 Å². The third kappa shape index (κ3) is 3.16. The van der Waals surface area contributed by atoms with Crippen molar-refractivity contribution in [3.63, 3.8) is 0 Å². The van der Waals surface area contributed by atoms with Gasteiger partial charge >= 0.3 is 12.1 Å². The number of nitrogens with zero attached hydrogens (tertiary/aromatic N) is 4. The van der Waals surface area contributed by atoms with Crippen molar-refractivity contribution in [2.24, 2.45) is 0 Å². The summed E-state index contributed by atoms with van der Waals surface area (Å²) in [4.78, 5) is 34.9. The van der Waals surface area contributed by atoms with E-state index in [1.165, 1.54) is 6.39 Å². The van der Waals surface area contributed by atoms with E-state index in [1.807, 2.05) is 50.9 Å². The first-order chi connectivity index (χ1) is 13.2. The van der Waals surface area contributed by atoms with Gasteiger partial charge in [0, 0.05) is 32.4 Å². The number of oxazole rings is 1. The number of urea groups is 1. The Morgan fingerprint density at radius 3 is 2.64 bits per heavy atom. The summed E-state index contributed by atoms with van der Waals surface area (Å²) in [5, 5.41) is 0. The van der Waals surface area contributed by atoms with Crippen molar-refractivity contribution in [1.29, 1.82) is 0 Å². The van der Waals surface area contributed by atoms with E-state index >= 15 is 0 Å². The van der Waals surface area contributed by atoms with Crippen LogP contribution < -0.4 is 4.90 Å². The number of hydrogen-bond acceptors (Lipinski definition) is 5. The van der Waals surface area contributed by atoms with Crippen LogP contribution in [0.1, 0.15) is 33.6 Å². The Kier molecular flexibility index (Phi) is 4.24. The first-order valence-corrected chi connectivity index (χ1v) is 9.55. The van der Waals surface area contributed by atoms with Gasteiger partial charge in [0.15, 0.2) is 12.0 Å². The summed E-state index contributed by atoms with van der Waals surface area (Å²) in [7, 11) is 1.82. The van der Waals surface area contributed by atoms with Gasteiger partial charge in [-0.15, -0.1) is 0 Å². The number of amides is 3. The van der Waals surface area contributed by atoms with Gasteiger partial charge in [-0.3, -0.25) is 4.90 Å². The lowest BCUT2D eigenvalue weighted by atomic mass is 9.86. The molecule has 1 aromatic heterocycles. The monoisotopic (exact) mass is 386 g/mol. The molecule has 0 bridgehead atoms. The zero-order valence-corrected chi connectivity index (χ0v) is 16.8. The third-order valence-electron chi connectivity index (χ3n) is 5.44. The first-order valence-electron chi connectivity index (χ1n) is 9.55. The molecule has 2 aromatic rings. The normalized spacial score (nSPS) is 19.7. The van der Waals surface area contributed by atoms with Crippen molar-refractivity contribution < 1.29 is 18.7 Å². The quantitative estimate of drug-likeness (QED) is 0.750. The van der Waals surface area contributed by atoms with Crippen LogP contribution in [0, 0.1) is 0 Å². The number of piperidine rings is 1. The van der Waals surface area contributed by atoms with E-state index in [4.69, 9.17) is 9.15 Å². The Hall–Kier alpha value is -2.77. The second-order valence-corrected chi connectivity index (χ2v) is 8.67. The van der Waals surface area contributed by atoms with E-state index in [-0.39, 0.29) is 17.7 Å². The molecule has 0 aliphatic carbocycles. The van der Waals surface area contributed by atoms with Gasteiger partial charge in [0.25, 0.3) is 0 Å². The molecule has 2 fully saturated rings. The zero-order chi connectivity index (χ0) is 20.1. The lowest BCUT2D eigenvalue weighted by Gasteiger charge is -2.43. The highest BCUT2D eigenvalue weighted by atomic mass is 16.6. The fourth-order valence-corrected chi connectivity index (χ4v) is 4.14. The van der Waals surface area contributed by atoms with Crippen LogP contribution in [0.3, 0.4) is 0 Å². The van der Waals surface area contributed by atoms with Gasteiger partial charge in [-0.25, -0.2) is 14.6 Å². The molecule has 0 N–H and O–H groups in total. The highest BCUT2D eigenvalue weighted by molar-refractivity contribution is 5.97. The Bertz CT molecular complexity index is 908. The second-order valence-electron chi connectivity index (χ2n) is 8.67. The molecule has 0 atom stereocenters. The van der Waals surface area contributed by atoms with Crippen LogP contribution >= 0.6 is 0 Å². The van der Waals surface area contributed by atoms with Gasteiger partial charge < -0.3 is 19.0 Å². The summed E-state index contributed by atoms with van der Waals surface area (Å²) in [6, 6.07) is 5.59. The fourth-order valence-electron chi connectivity index (χ4n) is 4.14. The number of ether oxygens (including phenoxy) is 1. The van der Waals surface area contributed by atoms with Crippen LogP contribution in [0.25, 0.3) is 11.1 Å². The summed E-state index contributed by atoms with van der Waals surface area (Å²) < 4.78 is 10.8. The van der Waals surface area contributed by atoms with Crippen LogP contribution in [0.15, 0.2) is 29.0 Å². The highest BCUT2D eigenvalue weighted by Gasteiger charge is 2.51. The standard InChI is InChI=1S/C20H26N4O4/c1-19(2,3)28-18(26)23-9-7-20(8-10-23)12-22(4)17(25)24(20)14-5-6-16-15(11-14)21-13-27-16/h5-6,11,13H,7-10,12H2,1-4H3. The minimum absolute atomic E-state index is 0.0337. The van der Waals surface area contributed by atoms with E-state index in [0.717, 1.165) is 11.2 Å². The van der Waals surface area contributed by atoms with Gasteiger partial charge in [0.1, 0.15) is 11.1 Å². The van der Waals surface area contributed by atoms with Crippen LogP contribution in [0.4, 0.5) is 15.3 Å². The molecule has 3 amide bonds. The number of likely N-dealkylation sites (N-methyl/N-ethyl adjacent to an activating group) is 1. The topological polar surface area (TPSA) is 79.1 Å². The number of aromatic nitrogens is 1. The molecule has 2 aliphatic rings. The van der Waals surface area contributed by atoms with Crippen molar-refractivity contribution in [3.8, 4) is 0 Å². The molecule has 28 heavy (non-hydrogen) atoms. The molecule has 3 heterocycles. The molecular formula is C20H26N4O4. The molecule has 0 saturated carbocycles. The summed E-state index contributed by atoms with van der Waals surface area (Å²) >= 11 is 0. The minimum Gasteiger partial charge on any atom is -0.444 e. The molecule has 0 radical (unpaired) electrons. The van der Waals surface area contributed by atoms with Crippen LogP contribution in [-0.2, 0) is 4.74 Å². The van der Waals surface area contributed by atoms with Crippen molar-refractivity contribution in [3.05, 3.63) is 24.6 Å². The van der Waals surface area contributed by atoms with Gasteiger partial charge in [0.05, 0.1) is 5.54 Å². The number of hydrogen-bond donors (Lipinski definition) is 0.